The number of anilines is 3. The summed E-state index contributed by atoms with van der Waals surface area (Å²) in [6.45, 7) is 0. The summed E-state index contributed by atoms with van der Waals surface area (Å²) in [7, 11) is 0. The fourth-order valence-corrected chi connectivity index (χ4v) is 5.90. The molecule has 0 aliphatic carbocycles. The molecule has 0 saturated heterocycles. The summed E-state index contributed by atoms with van der Waals surface area (Å²) in [6, 6.07) is 55.3. The molecule has 3 nitrogen and oxygen atoms in total. The van der Waals surface area contributed by atoms with E-state index in [0.29, 0.717) is 0 Å². The lowest BCUT2D eigenvalue weighted by atomic mass is 10.0. The average molecular weight is 527 g/mol. The second-order valence-corrected chi connectivity index (χ2v) is 10.2. The lowest BCUT2D eigenvalue weighted by molar-refractivity contribution is 0.673. The minimum Gasteiger partial charge on any atom is -0.454 e. The van der Waals surface area contributed by atoms with E-state index in [-0.39, 0.29) is 0 Å². The van der Waals surface area contributed by atoms with E-state index in [1.165, 1.54) is 0 Å². The first-order valence-corrected chi connectivity index (χ1v) is 13.9. The van der Waals surface area contributed by atoms with Gasteiger partial charge in [0.15, 0.2) is 5.58 Å². The van der Waals surface area contributed by atoms with Crippen molar-refractivity contribution in [3.63, 3.8) is 0 Å². The minimum atomic E-state index is 0.903. The van der Waals surface area contributed by atoms with Crippen LogP contribution in [-0.4, -0.2) is 4.57 Å². The quantitative estimate of drug-likeness (QED) is 0.222. The smallest absolute Gasteiger partial charge is 0.161 e. The molecule has 0 spiro atoms. The first-order valence-electron chi connectivity index (χ1n) is 13.9. The second-order valence-electron chi connectivity index (χ2n) is 10.2. The van der Waals surface area contributed by atoms with Gasteiger partial charge in [-0.1, -0.05) is 84.9 Å². The number of furan rings is 1. The Kier molecular flexibility index (Phi) is 5.46. The highest BCUT2D eigenvalue weighted by Gasteiger charge is 2.20. The molecule has 0 saturated carbocycles. The van der Waals surface area contributed by atoms with E-state index in [0.717, 1.165) is 66.8 Å². The topological polar surface area (TPSA) is 21.3 Å². The summed E-state index contributed by atoms with van der Waals surface area (Å²) < 4.78 is 8.80. The lowest BCUT2D eigenvalue weighted by Crippen LogP contribution is -2.09. The summed E-state index contributed by atoms with van der Waals surface area (Å²) in [5, 5.41) is 2.23. The molecule has 6 aromatic carbocycles. The molecule has 0 bridgehead atoms. The van der Waals surface area contributed by atoms with Crippen LogP contribution in [0.25, 0.3) is 49.8 Å². The first-order chi connectivity index (χ1) is 20.3. The molecule has 0 atom stereocenters. The maximum absolute atomic E-state index is 6.48. The molecule has 194 valence electrons. The Morgan fingerprint density at radius 2 is 1.02 bits per heavy atom. The Morgan fingerprint density at radius 3 is 1.71 bits per heavy atom. The normalized spacial score (nSPS) is 11.4. The van der Waals surface area contributed by atoms with Gasteiger partial charge in [-0.15, -0.1) is 0 Å². The van der Waals surface area contributed by atoms with Crippen molar-refractivity contribution in [3.8, 4) is 16.8 Å². The van der Waals surface area contributed by atoms with Crippen LogP contribution >= 0.6 is 0 Å². The van der Waals surface area contributed by atoms with Gasteiger partial charge in [0.2, 0.25) is 0 Å². The highest BCUT2D eigenvalue weighted by Crippen LogP contribution is 2.41. The van der Waals surface area contributed by atoms with Gasteiger partial charge in [-0.3, -0.25) is 0 Å². The van der Waals surface area contributed by atoms with E-state index in [9.17, 15) is 0 Å². The maximum Gasteiger partial charge on any atom is 0.161 e. The first kappa shape index (κ1) is 23.4. The zero-order chi connectivity index (χ0) is 27.2. The van der Waals surface area contributed by atoms with Crippen molar-refractivity contribution < 1.29 is 4.42 Å². The maximum atomic E-state index is 6.48. The van der Waals surface area contributed by atoms with Crippen molar-refractivity contribution >= 4 is 50.0 Å². The van der Waals surface area contributed by atoms with Crippen molar-refractivity contribution in [2.45, 2.75) is 0 Å². The predicted molar refractivity (Wildman–Crippen MR) is 171 cm³/mol. The molecule has 0 fully saturated rings. The number of aromatic nitrogens is 1. The molecule has 41 heavy (non-hydrogen) atoms. The molecule has 8 rings (SSSR count). The fraction of sp³-hybridized carbons (Fsp3) is 0. The van der Waals surface area contributed by atoms with E-state index < -0.39 is 0 Å². The Balaban J connectivity index is 1.26. The van der Waals surface area contributed by atoms with Crippen LogP contribution in [0.4, 0.5) is 17.1 Å². The Bertz CT molecular complexity index is 2090. The SMILES string of the molecule is c1ccc(N(c2ccccc2)c2ccc(-c3ccc4c(c3)c3oc5ccccc5c3n4-c3ccccc3)cc2)cc1. The van der Waals surface area contributed by atoms with Gasteiger partial charge < -0.3 is 13.9 Å². The molecule has 0 amide bonds. The number of hydrogen-bond acceptors (Lipinski definition) is 2. The van der Waals surface area contributed by atoms with Crippen molar-refractivity contribution in [1.29, 1.82) is 0 Å². The lowest BCUT2D eigenvalue weighted by Gasteiger charge is -2.25. The van der Waals surface area contributed by atoms with E-state index in [1.807, 2.05) is 12.1 Å². The summed E-state index contributed by atoms with van der Waals surface area (Å²) in [5.74, 6) is 0. The summed E-state index contributed by atoms with van der Waals surface area (Å²) >= 11 is 0. The molecular weight excluding hydrogens is 500 g/mol. The van der Waals surface area contributed by atoms with Crippen molar-refractivity contribution in [2.24, 2.45) is 0 Å². The van der Waals surface area contributed by atoms with Crippen molar-refractivity contribution in [2.75, 3.05) is 4.90 Å². The number of hydrogen-bond donors (Lipinski definition) is 0. The zero-order valence-electron chi connectivity index (χ0n) is 22.3. The van der Waals surface area contributed by atoms with Crippen LogP contribution in [-0.2, 0) is 0 Å². The van der Waals surface area contributed by atoms with Crippen LogP contribution in [0.15, 0.2) is 162 Å². The number of nitrogens with zero attached hydrogens (tertiary/aromatic N) is 2. The molecule has 2 aromatic heterocycles. The second kappa shape index (κ2) is 9.58. The average Bonchev–Trinajstić information content (AvgIpc) is 3.57. The van der Waals surface area contributed by atoms with Crippen molar-refractivity contribution in [3.05, 3.63) is 158 Å². The molecular formula is C38H26N2O. The van der Waals surface area contributed by atoms with Gasteiger partial charge in [0.05, 0.1) is 5.52 Å². The molecule has 0 aliphatic rings. The number of benzene rings is 6. The van der Waals surface area contributed by atoms with Gasteiger partial charge in [-0.25, -0.2) is 0 Å². The van der Waals surface area contributed by atoms with Crippen LogP contribution in [0.1, 0.15) is 0 Å². The third kappa shape index (κ3) is 3.90. The molecule has 8 aromatic rings. The summed E-state index contributed by atoms with van der Waals surface area (Å²) in [6.07, 6.45) is 0. The van der Waals surface area contributed by atoms with Crippen LogP contribution < -0.4 is 4.90 Å². The van der Waals surface area contributed by atoms with Gasteiger partial charge in [-0.05, 0) is 83.9 Å². The van der Waals surface area contributed by atoms with E-state index in [4.69, 9.17) is 4.42 Å². The Hall–Kier alpha value is -5.54. The third-order valence-corrected chi connectivity index (χ3v) is 7.78. The number of para-hydroxylation sites is 4. The molecule has 0 radical (unpaired) electrons. The van der Waals surface area contributed by atoms with Crippen LogP contribution in [0.3, 0.4) is 0 Å². The molecule has 0 aliphatic heterocycles. The van der Waals surface area contributed by atoms with E-state index in [1.54, 1.807) is 0 Å². The van der Waals surface area contributed by atoms with Gasteiger partial charge in [0, 0.05) is 33.5 Å². The Labute approximate surface area is 238 Å². The summed E-state index contributed by atoms with van der Waals surface area (Å²) in [5.41, 5.74) is 10.9. The van der Waals surface area contributed by atoms with Crippen LogP contribution in [0.2, 0.25) is 0 Å². The Morgan fingerprint density at radius 1 is 0.463 bits per heavy atom. The minimum absolute atomic E-state index is 0.903. The van der Waals surface area contributed by atoms with Crippen molar-refractivity contribution in [1.82, 2.24) is 4.57 Å². The van der Waals surface area contributed by atoms with E-state index in [2.05, 4.69) is 155 Å². The molecule has 0 N–H and O–H groups in total. The molecule has 2 heterocycles. The van der Waals surface area contributed by atoms with E-state index >= 15 is 0 Å². The molecule has 0 unspecified atom stereocenters. The fourth-order valence-electron chi connectivity index (χ4n) is 5.90. The van der Waals surface area contributed by atoms with Gasteiger partial charge >= 0.3 is 0 Å². The highest BCUT2D eigenvalue weighted by molar-refractivity contribution is 6.17. The highest BCUT2D eigenvalue weighted by atomic mass is 16.3. The summed E-state index contributed by atoms with van der Waals surface area (Å²) in [4.78, 5) is 2.28. The van der Waals surface area contributed by atoms with Gasteiger partial charge in [0.25, 0.3) is 0 Å². The van der Waals surface area contributed by atoms with Gasteiger partial charge in [-0.2, -0.15) is 0 Å². The number of rotatable bonds is 5. The number of fused-ring (bicyclic) bond motifs is 5. The molecule has 3 heteroatoms. The standard InChI is InChI=1S/C38H26N2O/c1-4-12-29(13-5-1)39(30-14-6-2-7-15-30)32-23-20-27(21-24-32)28-22-25-35-34(26-28)38-37(33-18-10-11-19-36(33)41-38)40(35)31-16-8-3-9-17-31/h1-26H. The van der Waals surface area contributed by atoms with Crippen LogP contribution in [0.5, 0.6) is 0 Å². The zero-order valence-corrected chi connectivity index (χ0v) is 22.3. The monoisotopic (exact) mass is 526 g/mol. The van der Waals surface area contributed by atoms with Crippen LogP contribution in [0, 0.1) is 0 Å². The van der Waals surface area contributed by atoms with Gasteiger partial charge in [0.1, 0.15) is 11.1 Å². The third-order valence-electron chi connectivity index (χ3n) is 7.78. The predicted octanol–water partition coefficient (Wildman–Crippen LogP) is 10.7. The largest absolute Gasteiger partial charge is 0.454 e.